The molecule has 1 aromatic carbocycles. The number of hydrogen-bond donors (Lipinski definition) is 1. The van der Waals surface area contributed by atoms with Crippen molar-refractivity contribution in [1.82, 2.24) is 14.8 Å². The van der Waals surface area contributed by atoms with Crippen molar-refractivity contribution in [2.45, 2.75) is 6.42 Å². The summed E-state index contributed by atoms with van der Waals surface area (Å²) in [6.07, 6.45) is 6.76. The van der Waals surface area contributed by atoms with E-state index in [1.807, 2.05) is 54.6 Å². The van der Waals surface area contributed by atoms with Gasteiger partial charge in [0, 0.05) is 37.1 Å². The van der Waals surface area contributed by atoms with Gasteiger partial charge in [-0.2, -0.15) is 5.10 Å². The molecule has 0 fully saturated rings. The minimum absolute atomic E-state index is 0.889. The lowest BCUT2D eigenvalue weighted by Crippen LogP contribution is -2.05. The second-order valence-corrected chi connectivity index (χ2v) is 4.57. The molecule has 0 aliphatic carbocycles. The molecular weight excluding hydrogens is 236 g/mol. The van der Waals surface area contributed by atoms with Crippen molar-refractivity contribution < 1.29 is 0 Å². The SMILES string of the molecule is Cn1cc(CCNc2ccnc3ccccc23)cn1. The molecule has 0 spiro atoms. The fourth-order valence-electron chi connectivity index (χ4n) is 2.19. The molecule has 0 amide bonds. The maximum Gasteiger partial charge on any atom is 0.0722 e. The molecular formula is C15H16N4. The Balaban J connectivity index is 1.71. The molecule has 0 saturated carbocycles. The van der Waals surface area contributed by atoms with Crippen molar-refractivity contribution in [2.24, 2.45) is 7.05 Å². The van der Waals surface area contributed by atoms with Gasteiger partial charge in [-0.25, -0.2) is 0 Å². The molecule has 0 bridgehead atoms. The van der Waals surface area contributed by atoms with Gasteiger partial charge in [-0.05, 0) is 24.1 Å². The summed E-state index contributed by atoms with van der Waals surface area (Å²) in [5.41, 5.74) is 3.40. The Bertz CT molecular complexity index is 682. The van der Waals surface area contributed by atoms with Gasteiger partial charge in [-0.3, -0.25) is 9.67 Å². The van der Waals surface area contributed by atoms with E-state index < -0.39 is 0 Å². The minimum Gasteiger partial charge on any atom is -0.384 e. The Hall–Kier alpha value is -2.36. The van der Waals surface area contributed by atoms with Crippen molar-refractivity contribution in [2.75, 3.05) is 11.9 Å². The summed E-state index contributed by atoms with van der Waals surface area (Å²) in [6.45, 7) is 0.889. The number of benzene rings is 1. The first-order valence-corrected chi connectivity index (χ1v) is 6.38. The molecule has 0 aliphatic rings. The van der Waals surface area contributed by atoms with E-state index in [0.717, 1.165) is 29.6 Å². The highest BCUT2D eigenvalue weighted by Crippen LogP contribution is 2.20. The van der Waals surface area contributed by atoms with Crippen LogP contribution in [0.15, 0.2) is 48.9 Å². The predicted molar refractivity (Wildman–Crippen MR) is 77.1 cm³/mol. The van der Waals surface area contributed by atoms with Crippen molar-refractivity contribution in [3.8, 4) is 0 Å². The number of nitrogens with one attached hydrogen (secondary N) is 1. The first-order chi connectivity index (χ1) is 9.33. The Labute approximate surface area is 112 Å². The van der Waals surface area contributed by atoms with Crippen LogP contribution in [0.1, 0.15) is 5.56 Å². The van der Waals surface area contributed by atoms with Gasteiger partial charge >= 0.3 is 0 Å². The Morgan fingerprint density at radius 3 is 2.95 bits per heavy atom. The van der Waals surface area contributed by atoms with Gasteiger partial charge in [0.1, 0.15) is 0 Å². The molecule has 0 unspecified atom stereocenters. The fourth-order valence-corrected chi connectivity index (χ4v) is 2.19. The molecule has 4 heteroatoms. The predicted octanol–water partition coefficient (Wildman–Crippen LogP) is 2.62. The van der Waals surface area contributed by atoms with Crippen molar-refractivity contribution >= 4 is 16.6 Å². The zero-order valence-electron chi connectivity index (χ0n) is 10.9. The number of aryl methyl sites for hydroxylation is 1. The summed E-state index contributed by atoms with van der Waals surface area (Å²) in [4.78, 5) is 4.36. The van der Waals surface area contributed by atoms with E-state index in [1.165, 1.54) is 5.56 Å². The third-order valence-corrected chi connectivity index (χ3v) is 3.14. The molecule has 19 heavy (non-hydrogen) atoms. The van der Waals surface area contributed by atoms with E-state index in [2.05, 4.69) is 21.5 Å². The van der Waals surface area contributed by atoms with E-state index >= 15 is 0 Å². The molecule has 2 heterocycles. The van der Waals surface area contributed by atoms with E-state index in [0.29, 0.717) is 0 Å². The number of fused-ring (bicyclic) bond motifs is 1. The van der Waals surface area contributed by atoms with Crippen molar-refractivity contribution in [1.29, 1.82) is 0 Å². The largest absolute Gasteiger partial charge is 0.384 e. The smallest absolute Gasteiger partial charge is 0.0722 e. The molecule has 2 aromatic heterocycles. The standard InChI is InChI=1S/C15H16N4/c1-19-11-12(10-18-19)6-8-16-15-7-9-17-14-5-3-2-4-13(14)15/h2-5,7,9-11H,6,8H2,1H3,(H,16,17). The van der Waals surface area contributed by atoms with Crippen molar-refractivity contribution in [3.05, 3.63) is 54.5 Å². The van der Waals surface area contributed by atoms with E-state index in [-0.39, 0.29) is 0 Å². The molecule has 3 rings (SSSR count). The summed E-state index contributed by atoms with van der Waals surface area (Å²) in [7, 11) is 1.94. The molecule has 0 atom stereocenters. The molecule has 0 saturated heterocycles. The van der Waals surface area contributed by atoms with Gasteiger partial charge in [0.15, 0.2) is 0 Å². The zero-order chi connectivity index (χ0) is 13.1. The van der Waals surface area contributed by atoms with Crippen molar-refractivity contribution in [3.63, 3.8) is 0 Å². The highest BCUT2D eigenvalue weighted by Gasteiger charge is 2.01. The first-order valence-electron chi connectivity index (χ1n) is 6.38. The summed E-state index contributed by atoms with van der Waals surface area (Å²) in [5, 5.41) is 8.80. The van der Waals surface area contributed by atoms with E-state index in [1.54, 1.807) is 0 Å². The number of para-hydroxylation sites is 1. The van der Waals surface area contributed by atoms with Gasteiger partial charge in [0.25, 0.3) is 0 Å². The lowest BCUT2D eigenvalue weighted by molar-refractivity contribution is 0.767. The monoisotopic (exact) mass is 252 g/mol. The maximum absolute atomic E-state index is 4.36. The summed E-state index contributed by atoms with van der Waals surface area (Å²) in [5.74, 6) is 0. The Morgan fingerprint density at radius 2 is 2.11 bits per heavy atom. The lowest BCUT2D eigenvalue weighted by Gasteiger charge is -2.08. The van der Waals surface area contributed by atoms with Gasteiger partial charge in [-0.1, -0.05) is 18.2 Å². The topological polar surface area (TPSA) is 42.7 Å². The normalized spacial score (nSPS) is 10.8. The second-order valence-electron chi connectivity index (χ2n) is 4.57. The molecule has 0 radical (unpaired) electrons. The summed E-state index contributed by atoms with van der Waals surface area (Å²) in [6, 6.07) is 10.2. The van der Waals surface area contributed by atoms with Crippen LogP contribution in [-0.2, 0) is 13.5 Å². The van der Waals surface area contributed by atoms with Crippen LogP contribution in [-0.4, -0.2) is 21.3 Å². The zero-order valence-corrected chi connectivity index (χ0v) is 10.9. The number of anilines is 1. The van der Waals surface area contributed by atoms with Crippen LogP contribution in [0.4, 0.5) is 5.69 Å². The van der Waals surface area contributed by atoms with Crippen LogP contribution in [0.2, 0.25) is 0 Å². The molecule has 4 nitrogen and oxygen atoms in total. The third kappa shape index (κ3) is 2.57. The number of hydrogen-bond acceptors (Lipinski definition) is 3. The van der Waals surface area contributed by atoms with Crippen LogP contribution in [0.25, 0.3) is 10.9 Å². The van der Waals surface area contributed by atoms with Crippen LogP contribution in [0.3, 0.4) is 0 Å². The third-order valence-electron chi connectivity index (χ3n) is 3.14. The highest BCUT2D eigenvalue weighted by atomic mass is 15.2. The Morgan fingerprint density at radius 1 is 1.21 bits per heavy atom. The lowest BCUT2D eigenvalue weighted by atomic mass is 10.2. The fraction of sp³-hybridized carbons (Fsp3) is 0.200. The van der Waals surface area contributed by atoms with Gasteiger partial charge < -0.3 is 5.32 Å². The highest BCUT2D eigenvalue weighted by molar-refractivity contribution is 5.90. The van der Waals surface area contributed by atoms with Crippen LogP contribution in [0.5, 0.6) is 0 Å². The van der Waals surface area contributed by atoms with Gasteiger partial charge in [0.05, 0.1) is 11.7 Å². The van der Waals surface area contributed by atoms with E-state index in [4.69, 9.17) is 0 Å². The number of aromatic nitrogens is 3. The van der Waals surface area contributed by atoms with Gasteiger partial charge in [-0.15, -0.1) is 0 Å². The minimum atomic E-state index is 0.889. The van der Waals surface area contributed by atoms with E-state index in [9.17, 15) is 0 Å². The number of nitrogens with zero attached hydrogens (tertiary/aromatic N) is 3. The average molecular weight is 252 g/mol. The summed E-state index contributed by atoms with van der Waals surface area (Å²) >= 11 is 0. The molecule has 1 N–H and O–H groups in total. The Kier molecular flexibility index (Phi) is 3.14. The first kappa shape index (κ1) is 11.7. The molecule has 3 aromatic rings. The van der Waals surface area contributed by atoms with Crippen LogP contribution in [0, 0.1) is 0 Å². The maximum atomic E-state index is 4.36. The van der Waals surface area contributed by atoms with Crippen LogP contribution >= 0.6 is 0 Å². The average Bonchev–Trinajstić information content (AvgIpc) is 2.85. The van der Waals surface area contributed by atoms with Gasteiger partial charge in [0.2, 0.25) is 0 Å². The quantitative estimate of drug-likeness (QED) is 0.776. The van der Waals surface area contributed by atoms with Crippen LogP contribution < -0.4 is 5.32 Å². The molecule has 96 valence electrons. The summed E-state index contributed by atoms with van der Waals surface area (Å²) < 4.78 is 1.83. The number of pyridine rings is 1. The number of rotatable bonds is 4. The molecule has 0 aliphatic heterocycles. The second kappa shape index (κ2) is 5.10.